The van der Waals surface area contributed by atoms with Crippen molar-refractivity contribution in [2.45, 2.75) is 17.9 Å². The highest BCUT2D eigenvalue weighted by atomic mass is 32.2. The molecule has 3 rings (SSSR count). The summed E-state index contributed by atoms with van der Waals surface area (Å²) in [6.07, 6.45) is -0.987. The van der Waals surface area contributed by atoms with Gasteiger partial charge in [0, 0.05) is 0 Å². The molecule has 1 heterocycles. The van der Waals surface area contributed by atoms with Gasteiger partial charge in [-0.1, -0.05) is 12.1 Å². The van der Waals surface area contributed by atoms with Crippen molar-refractivity contribution >= 4 is 21.9 Å². The molecule has 0 aliphatic carbocycles. The lowest BCUT2D eigenvalue weighted by Gasteiger charge is -2.17. The van der Waals surface area contributed by atoms with Crippen LogP contribution in [0.4, 0.5) is 4.39 Å². The zero-order valence-electron chi connectivity index (χ0n) is 14.3. The molecule has 0 saturated carbocycles. The Kier molecular flexibility index (Phi) is 5.13. The van der Waals surface area contributed by atoms with Crippen LogP contribution in [-0.2, 0) is 19.6 Å². The predicted octanol–water partition coefficient (Wildman–Crippen LogP) is 1.98. The van der Waals surface area contributed by atoms with Crippen molar-refractivity contribution in [3.05, 3.63) is 59.9 Å². The Morgan fingerprint density at radius 3 is 2.48 bits per heavy atom. The third-order valence-electron chi connectivity index (χ3n) is 3.91. The Morgan fingerprint density at radius 1 is 1.15 bits per heavy atom. The zero-order valence-corrected chi connectivity index (χ0v) is 15.1. The summed E-state index contributed by atoms with van der Waals surface area (Å²) in [5, 5.41) is 0. The summed E-state index contributed by atoms with van der Waals surface area (Å²) in [4.78, 5) is 24.2. The number of amides is 1. The monoisotopic (exact) mass is 393 g/mol. The second kappa shape index (κ2) is 7.36. The summed E-state index contributed by atoms with van der Waals surface area (Å²) in [7, 11) is -3.94. The largest absolute Gasteiger partial charge is 0.479 e. The summed E-state index contributed by atoms with van der Waals surface area (Å²) in [6.45, 7) is 0.832. The minimum Gasteiger partial charge on any atom is -0.479 e. The van der Waals surface area contributed by atoms with Crippen LogP contribution < -0.4 is 4.74 Å². The van der Waals surface area contributed by atoms with E-state index in [1.807, 2.05) is 0 Å². The van der Waals surface area contributed by atoms with Gasteiger partial charge in [0.1, 0.15) is 23.1 Å². The van der Waals surface area contributed by atoms with Crippen LogP contribution in [0.5, 0.6) is 5.75 Å². The van der Waals surface area contributed by atoms with Crippen LogP contribution in [0.2, 0.25) is 0 Å². The Morgan fingerprint density at radius 2 is 1.81 bits per heavy atom. The van der Waals surface area contributed by atoms with E-state index in [2.05, 4.69) is 0 Å². The molecule has 27 heavy (non-hydrogen) atoms. The Labute approximate surface area is 155 Å². The highest BCUT2D eigenvalue weighted by molar-refractivity contribution is 7.90. The minimum absolute atomic E-state index is 0.0608. The quantitative estimate of drug-likeness (QED) is 0.697. The molecule has 1 aliphatic rings. The molecule has 1 aliphatic heterocycles. The summed E-state index contributed by atoms with van der Waals surface area (Å²) in [5.74, 6) is -1.54. The summed E-state index contributed by atoms with van der Waals surface area (Å²) in [6, 6.07) is 11.0. The lowest BCUT2D eigenvalue weighted by atomic mass is 10.2. The van der Waals surface area contributed by atoms with E-state index in [1.165, 1.54) is 49.4 Å². The molecule has 2 aromatic rings. The number of nitrogens with zero attached hydrogens (tertiary/aromatic N) is 1. The first-order chi connectivity index (χ1) is 12.8. The maximum absolute atomic E-state index is 12.9. The van der Waals surface area contributed by atoms with Gasteiger partial charge in [0.15, 0.2) is 6.10 Å². The van der Waals surface area contributed by atoms with Crippen LogP contribution in [0, 0.1) is 5.82 Å². The fourth-order valence-corrected chi connectivity index (χ4v) is 4.12. The van der Waals surface area contributed by atoms with Crippen LogP contribution in [0.3, 0.4) is 0 Å². The summed E-state index contributed by atoms with van der Waals surface area (Å²) in [5.41, 5.74) is 0.0943. The molecule has 9 heteroatoms. The highest BCUT2D eigenvalue weighted by Gasteiger charge is 2.40. The Hall–Kier alpha value is -2.94. The van der Waals surface area contributed by atoms with E-state index >= 15 is 0 Å². The summed E-state index contributed by atoms with van der Waals surface area (Å²) < 4.78 is 48.6. The second-order valence-electron chi connectivity index (χ2n) is 5.76. The fraction of sp³-hybridized carbons (Fsp3) is 0.222. The van der Waals surface area contributed by atoms with Crippen molar-refractivity contribution in [2.24, 2.45) is 0 Å². The van der Waals surface area contributed by atoms with Gasteiger partial charge >= 0.3 is 5.97 Å². The molecule has 0 fully saturated rings. The zero-order chi connectivity index (χ0) is 19.6. The van der Waals surface area contributed by atoms with Crippen molar-refractivity contribution in [2.75, 3.05) is 13.2 Å². The molecule has 2 aromatic carbocycles. The van der Waals surface area contributed by atoms with E-state index in [0.29, 0.717) is 4.31 Å². The lowest BCUT2D eigenvalue weighted by molar-refractivity contribution is -0.151. The third-order valence-corrected chi connectivity index (χ3v) is 5.75. The molecule has 1 atom stereocenters. The van der Waals surface area contributed by atoms with E-state index in [0.717, 1.165) is 0 Å². The van der Waals surface area contributed by atoms with Crippen LogP contribution in [0.1, 0.15) is 17.3 Å². The van der Waals surface area contributed by atoms with Crippen molar-refractivity contribution in [1.29, 1.82) is 0 Å². The molecule has 0 bridgehead atoms. The number of rotatable bonds is 6. The molecule has 0 aromatic heterocycles. The molecule has 0 unspecified atom stereocenters. The van der Waals surface area contributed by atoms with Gasteiger partial charge in [-0.3, -0.25) is 4.79 Å². The number of esters is 1. The van der Waals surface area contributed by atoms with E-state index < -0.39 is 33.8 Å². The van der Waals surface area contributed by atoms with Crippen LogP contribution in [0.15, 0.2) is 53.4 Å². The van der Waals surface area contributed by atoms with Gasteiger partial charge in [0.05, 0.1) is 12.1 Å². The van der Waals surface area contributed by atoms with Gasteiger partial charge < -0.3 is 9.47 Å². The first-order valence-corrected chi connectivity index (χ1v) is 9.49. The van der Waals surface area contributed by atoms with Crippen molar-refractivity contribution in [1.82, 2.24) is 4.31 Å². The van der Waals surface area contributed by atoms with Gasteiger partial charge in [-0.2, -0.15) is 0 Å². The normalized spacial score (nSPS) is 15.9. The third kappa shape index (κ3) is 3.77. The maximum atomic E-state index is 12.9. The fourth-order valence-electron chi connectivity index (χ4n) is 2.56. The SMILES string of the molecule is C[C@@H](Oc1ccc(F)cc1)C(=O)OCCN1C(=O)c2ccccc2S1(=O)=O. The summed E-state index contributed by atoms with van der Waals surface area (Å²) >= 11 is 0. The first kappa shape index (κ1) is 18.8. The van der Waals surface area contributed by atoms with E-state index in [4.69, 9.17) is 9.47 Å². The van der Waals surface area contributed by atoms with Gasteiger partial charge in [0.2, 0.25) is 0 Å². The number of carbonyl (C=O) groups is 2. The van der Waals surface area contributed by atoms with E-state index in [1.54, 1.807) is 6.07 Å². The molecule has 142 valence electrons. The molecule has 7 nitrogen and oxygen atoms in total. The molecule has 1 amide bonds. The van der Waals surface area contributed by atoms with E-state index in [9.17, 15) is 22.4 Å². The first-order valence-electron chi connectivity index (χ1n) is 8.05. The highest BCUT2D eigenvalue weighted by Crippen LogP contribution is 2.29. The van der Waals surface area contributed by atoms with Crippen LogP contribution in [0.25, 0.3) is 0 Å². The number of ether oxygens (including phenoxy) is 2. The number of carbonyl (C=O) groups excluding carboxylic acids is 2. The van der Waals surface area contributed by atoms with Gasteiger partial charge in [-0.25, -0.2) is 21.9 Å². The molecular weight excluding hydrogens is 377 g/mol. The lowest BCUT2D eigenvalue weighted by Crippen LogP contribution is -2.35. The Bertz CT molecular complexity index is 974. The molecule has 0 spiro atoms. The Balaban J connectivity index is 1.56. The average molecular weight is 393 g/mol. The number of hydrogen-bond acceptors (Lipinski definition) is 6. The molecule has 0 N–H and O–H groups in total. The van der Waals surface area contributed by atoms with Gasteiger partial charge in [0.25, 0.3) is 15.9 Å². The van der Waals surface area contributed by atoms with Crippen molar-refractivity contribution < 1.29 is 31.9 Å². The van der Waals surface area contributed by atoms with Crippen LogP contribution in [-0.4, -0.2) is 43.9 Å². The molecule has 0 saturated heterocycles. The number of halogens is 1. The van der Waals surface area contributed by atoms with Gasteiger partial charge in [-0.15, -0.1) is 0 Å². The van der Waals surface area contributed by atoms with Crippen molar-refractivity contribution in [3.8, 4) is 5.75 Å². The van der Waals surface area contributed by atoms with Gasteiger partial charge in [-0.05, 0) is 43.3 Å². The number of hydrogen-bond donors (Lipinski definition) is 0. The van der Waals surface area contributed by atoms with Crippen molar-refractivity contribution in [3.63, 3.8) is 0 Å². The van der Waals surface area contributed by atoms with E-state index in [-0.39, 0.29) is 29.4 Å². The number of fused-ring (bicyclic) bond motifs is 1. The number of benzene rings is 2. The molecule has 0 radical (unpaired) electrons. The standard InChI is InChI=1S/C18H16FNO6S/c1-12(26-14-8-6-13(19)7-9-14)18(22)25-11-10-20-17(21)15-4-2-3-5-16(15)27(20,23)24/h2-9,12H,10-11H2,1H3/t12-/m1/s1. The van der Waals surface area contributed by atoms with Crippen LogP contribution >= 0.6 is 0 Å². The second-order valence-corrected chi connectivity index (χ2v) is 7.59. The number of sulfonamides is 1. The smallest absolute Gasteiger partial charge is 0.347 e. The molecular formula is C18H16FNO6S. The predicted molar refractivity (Wildman–Crippen MR) is 92.1 cm³/mol. The minimum atomic E-state index is -3.94. The average Bonchev–Trinajstić information content (AvgIpc) is 2.84. The topological polar surface area (TPSA) is 90.0 Å². The maximum Gasteiger partial charge on any atom is 0.347 e.